The molecule has 9 nitrogen and oxygen atoms in total. The third-order valence-corrected chi connectivity index (χ3v) is 5.38. The van der Waals surface area contributed by atoms with Crippen LogP contribution >= 0.6 is 22.6 Å². The predicted molar refractivity (Wildman–Crippen MR) is 123 cm³/mol. The molecule has 0 bridgehead atoms. The Morgan fingerprint density at radius 3 is 2.19 bits per heavy atom. The van der Waals surface area contributed by atoms with E-state index in [0.29, 0.717) is 25.8 Å². The zero-order valence-corrected chi connectivity index (χ0v) is 19.5. The van der Waals surface area contributed by atoms with Crippen molar-refractivity contribution in [2.24, 2.45) is 5.73 Å². The molecule has 0 saturated carbocycles. The Bertz CT molecular complexity index is 741. The molecule has 0 aliphatic heterocycles. The van der Waals surface area contributed by atoms with Crippen LogP contribution in [0.15, 0.2) is 24.3 Å². The van der Waals surface area contributed by atoms with E-state index in [4.69, 9.17) is 10.8 Å². The van der Waals surface area contributed by atoms with E-state index >= 15 is 0 Å². The van der Waals surface area contributed by atoms with E-state index in [1.807, 2.05) is 12.1 Å². The lowest BCUT2D eigenvalue weighted by Crippen LogP contribution is -2.41. The summed E-state index contributed by atoms with van der Waals surface area (Å²) in [6.45, 7) is 0.441. The third-order valence-electron chi connectivity index (χ3n) is 4.66. The van der Waals surface area contributed by atoms with Gasteiger partial charge < -0.3 is 26.6 Å². The maximum Gasteiger partial charge on any atom is 0.326 e. The van der Waals surface area contributed by atoms with Gasteiger partial charge in [-0.3, -0.25) is 14.4 Å². The van der Waals surface area contributed by atoms with Crippen LogP contribution < -0.4 is 16.4 Å². The van der Waals surface area contributed by atoms with Crippen LogP contribution in [-0.2, 0) is 25.6 Å². The second kappa shape index (κ2) is 14.7. The van der Waals surface area contributed by atoms with E-state index in [9.17, 15) is 24.3 Å². The van der Waals surface area contributed by atoms with Crippen molar-refractivity contribution in [3.8, 4) is 0 Å². The van der Waals surface area contributed by atoms with Gasteiger partial charge in [-0.1, -0.05) is 12.1 Å². The molecule has 0 heterocycles. The zero-order valence-electron chi connectivity index (χ0n) is 17.3. The van der Waals surface area contributed by atoms with Crippen molar-refractivity contribution in [3.63, 3.8) is 0 Å². The van der Waals surface area contributed by atoms with E-state index in [-0.39, 0.29) is 25.2 Å². The lowest BCUT2D eigenvalue weighted by atomic mass is 10.1. The number of hydrogen-bond acceptors (Lipinski definition) is 5. The molecule has 1 rings (SSSR count). The highest BCUT2D eigenvalue weighted by atomic mass is 127. The van der Waals surface area contributed by atoms with Crippen molar-refractivity contribution < 1.29 is 29.4 Å². The Kier molecular flexibility index (Phi) is 12.8. The van der Waals surface area contributed by atoms with Crippen molar-refractivity contribution in [3.05, 3.63) is 33.4 Å². The first-order valence-corrected chi connectivity index (χ1v) is 11.3. The molecule has 0 unspecified atom stereocenters. The van der Waals surface area contributed by atoms with Gasteiger partial charge in [0.1, 0.15) is 12.1 Å². The van der Waals surface area contributed by atoms with Gasteiger partial charge in [-0.05, 0) is 78.8 Å². The number of carbonyl (C=O) groups is 4. The van der Waals surface area contributed by atoms with Crippen molar-refractivity contribution in [2.75, 3.05) is 6.54 Å². The van der Waals surface area contributed by atoms with E-state index < -0.39 is 29.9 Å². The molecule has 31 heavy (non-hydrogen) atoms. The summed E-state index contributed by atoms with van der Waals surface area (Å²) >= 11 is 2.25. The van der Waals surface area contributed by atoms with E-state index in [0.717, 1.165) is 12.8 Å². The monoisotopic (exact) mass is 547 g/mol. The molecule has 0 aliphatic rings. The maximum absolute atomic E-state index is 11.9. The maximum atomic E-state index is 11.9. The Morgan fingerprint density at radius 1 is 0.903 bits per heavy atom. The largest absolute Gasteiger partial charge is 0.480 e. The number of aryl methyl sites for hydroxylation is 1. The molecule has 6 N–H and O–H groups in total. The van der Waals surface area contributed by atoms with Crippen molar-refractivity contribution in [1.82, 2.24) is 10.6 Å². The van der Waals surface area contributed by atoms with Crippen LogP contribution in [0.3, 0.4) is 0 Å². The van der Waals surface area contributed by atoms with E-state index in [2.05, 4.69) is 45.4 Å². The molecular weight excluding hydrogens is 517 g/mol. The fraction of sp³-hybridized carbons (Fsp3) is 0.524. The quantitative estimate of drug-likeness (QED) is 0.165. The fourth-order valence-corrected chi connectivity index (χ4v) is 3.19. The first-order valence-electron chi connectivity index (χ1n) is 10.2. The van der Waals surface area contributed by atoms with E-state index in [1.165, 1.54) is 9.13 Å². The van der Waals surface area contributed by atoms with Gasteiger partial charge in [0.05, 0.1) is 0 Å². The first kappa shape index (κ1) is 26.8. The second-order valence-corrected chi connectivity index (χ2v) is 8.51. The molecule has 0 aliphatic carbocycles. The summed E-state index contributed by atoms with van der Waals surface area (Å²) in [6.07, 6.45) is 3.11. The number of hydrogen-bond donors (Lipinski definition) is 5. The highest BCUT2D eigenvalue weighted by molar-refractivity contribution is 14.1. The van der Waals surface area contributed by atoms with Gasteiger partial charge in [0.15, 0.2) is 0 Å². The van der Waals surface area contributed by atoms with Crippen LogP contribution in [-0.4, -0.2) is 52.6 Å². The summed E-state index contributed by atoms with van der Waals surface area (Å²) < 4.78 is 1.17. The Balaban J connectivity index is 2.18. The van der Waals surface area contributed by atoms with Gasteiger partial charge in [-0.2, -0.15) is 0 Å². The van der Waals surface area contributed by atoms with Gasteiger partial charge in [-0.25, -0.2) is 4.79 Å². The lowest BCUT2D eigenvalue weighted by molar-refractivity contribution is -0.142. The van der Waals surface area contributed by atoms with E-state index in [1.54, 1.807) is 0 Å². The lowest BCUT2D eigenvalue weighted by Gasteiger charge is -2.15. The first-order chi connectivity index (χ1) is 14.7. The van der Waals surface area contributed by atoms with Gasteiger partial charge in [0, 0.05) is 23.0 Å². The van der Waals surface area contributed by atoms with Crippen LogP contribution in [0, 0.1) is 3.57 Å². The van der Waals surface area contributed by atoms with Crippen LogP contribution in [0.1, 0.15) is 50.5 Å². The van der Waals surface area contributed by atoms with Gasteiger partial charge in [-0.15, -0.1) is 0 Å². The minimum absolute atomic E-state index is 0.0385. The Morgan fingerprint density at radius 2 is 1.58 bits per heavy atom. The minimum Gasteiger partial charge on any atom is -0.480 e. The van der Waals surface area contributed by atoms with Gasteiger partial charge in [0.25, 0.3) is 0 Å². The molecule has 0 aromatic heterocycles. The SMILES string of the molecule is N[C@@H](CCC(=O)N[C@@H](CCCCNC(=O)CCCc1ccc(I)cc1)C(=O)O)C(=O)O. The number of nitrogens with two attached hydrogens (primary N) is 1. The number of rotatable bonds is 15. The normalized spacial score (nSPS) is 12.6. The highest BCUT2D eigenvalue weighted by Gasteiger charge is 2.20. The number of amides is 2. The number of carboxylic acid groups (broad SMARTS) is 2. The van der Waals surface area contributed by atoms with Crippen molar-refractivity contribution >= 4 is 46.3 Å². The summed E-state index contributed by atoms with van der Waals surface area (Å²) in [5.74, 6) is -2.95. The summed E-state index contributed by atoms with van der Waals surface area (Å²) in [4.78, 5) is 45.6. The molecule has 172 valence electrons. The van der Waals surface area contributed by atoms with Crippen molar-refractivity contribution in [2.45, 2.75) is 63.5 Å². The summed E-state index contributed by atoms with van der Waals surface area (Å²) in [6, 6.07) is 5.96. The number of unbranched alkanes of at least 4 members (excludes halogenated alkanes) is 1. The number of carboxylic acids is 2. The zero-order chi connectivity index (χ0) is 23.2. The molecule has 1 aromatic rings. The number of carbonyl (C=O) groups excluding carboxylic acids is 2. The second-order valence-electron chi connectivity index (χ2n) is 7.27. The molecule has 0 spiro atoms. The van der Waals surface area contributed by atoms with Crippen molar-refractivity contribution in [1.29, 1.82) is 0 Å². The molecule has 0 fully saturated rings. The molecular formula is C21H30IN3O6. The molecule has 2 amide bonds. The average Bonchev–Trinajstić information content (AvgIpc) is 2.72. The summed E-state index contributed by atoms with van der Waals surface area (Å²) in [7, 11) is 0. The van der Waals surface area contributed by atoms with Gasteiger partial charge in [0.2, 0.25) is 11.8 Å². The highest BCUT2D eigenvalue weighted by Crippen LogP contribution is 2.09. The molecule has 2 atom stereocenters. The minimum atomic E-state index is -1.21. The summed E-state index contributed by atoms with van der Waals surface area (Å²) in [5.41, 5.74) is 6.52. The third kappa shape index (κ3) is 12.3. The van der Waals surface area contributed by atoms with Crippen LogP contribution in [0.5, 0.6) is 0 Å². The number of aliphatic carboxylic acids is 2. The average molecular weight is 547 g/mol. The van der Waals surface area contributed by atoms with Crippen LogP contribution in [0.4, 0.5) is 0 Å². The van der Waals surface area contributed by atoms with Crippen LogP contribution in [0.25, 0.3) is 0 Å². The summed E-state index contributed by atoms with van der Waals surface area (Å²) in [5, 5.41) is 23.1. The number of nitrogens with one attached hydrogen (secondary N) is 2. The predicted octanol–water partition coefficient (Wildman–Crippen LogP) is 1.66. The Labute approximate surface area is 195 Å². The topological polar surface area (TPSA) is 159 Å². The number of benzene rings is 1. The molecule has 10 heteroatoms. The Hall–Kier alpha value is -2.21. The molecule has 0 saturated heterocycles. The van der Waals surface area contributed by atoms with Crippen LogP contribution in [0.2, 0.25) is 0 Å². The smallest absolute Gasteiger partial charge is 0.326 e. The molecule has 1 aromatic carbocycles. The standard InChI is InChI=1S/C21H30IN3O6/c22-15-9-7-14(8-10-15)4-3-6-18(26)24-13-2-1-5-17(21(30)31)25-19(27)12-11-16(23)20(28)29/h7-10,16-17H,1-6,11-13,23H2,(H,24,26)(H,25,27)(H,28,29)(H,30,31)/t16-,17-/m0/s1. The number of halogens is 1. The molecule has 0 radical (unpaired) electrons. The van der Waals surface area contributed by atoms with Gasteiger partial charge >= 0.3 is 11.9 Å². The fourth-order valence-electron chi connectivity index (χ4n) is 2.83.